The highest BCUT2D eigenvalue weighted by atomic mass is 35.5. The third kappa shape index (κ3) is 8.95. The Morgan fingerprint density at radius 2 is 1.86 bits per heavy atom. The quantitative estimate of drug-likeness (QED) is 0.113. The molecule has 4 aromatic rings. The highest BCUT2D eigenvalue weighted by molar-refractivity contribution is 7.91. The van der Waals surface area contributed by atoms with Gasteiger partial charge in [-0.25, -0.2) is 18.4 Å². The van der Waals surface area contributed by atoms with Crippen LogP contribution in [0.1, 0.15) is 46.5 Å². The summed E-state index contributed by atoms with van der Waals surface area (Å²) in [6, 6.07) is 9.99. The first-order valence-electron chi connectivity index (χ1n) is 18.1. The number of aromatic nitrogens is 2. The fourth-order valence-corrected chi connectivity index (χ4v) is 9.34. The van der Waals surface area contributed by atoms with Crippen LogP contribution < -0.4 is 24.8 Å². The number of likely N-dealkylation sites (tertiary alicyclic amines) is 1. The van der Waals surface area contributed by atoms with E-state index in [4.69, 9.17) is 21.1 Å². The van der Waals surface area contributed by atoms with Gasteiger partial charge in [-0.05, 0) is 55.0 Å². The lowest BCUT2D eigenvalue weighted by Gasteiger charge is -2.35. The van der Waals surface area contributed by atoms with Crippen LogP contribution in [0.3, 0.4) is 0 Å². The van der Waals surface area contributed by atoms with Crippen molar-refractivity contribution < 1.29 is 37.4 Å². The third-order valence-electron chi connectivity index (χ3n) is 10.4. The van der Waals surface area contributed by atoms with Crippen molar-refractivity contribution >= 4 is 91.4 Å². The van der Waals surface area contributed by atoms with Gasteiger partial charge >= 0.3 is 0 Å². The fraction of sp³-hybridized carbons (Fsp3) is 0.410. The van der Waals surface area contributed by atoms with Gasteiger partial charge in [0.1, 0.15) is 35.2 Å². The molecule has 0 unspecified atom stereocenters. The monoisotopic (exact) mass is 894 g/mol. The van der Waals surface area contributed by atoms with Crippen LogP contribution in [0.25, 0.3) is 22.0 Å². The molecule has 3 amide bonds. The predicted molar refractivity (Wildman–Crippen MR) is 228 cm³/mol. The average molecular weight is 896 g/mol. The SMILES string of the molecule is C=C[C@@H]1C[C@]1(NC(=O)[C@@H]1C[C@@H](Oc2ncc(OC)c3ccc(Cl)cc23)CN1C(=O)[C@@H](Nc1nc(-c2ccccc2O)cs1)C(C)(C)C)C(=O)NS(=O)(=O)C1CC1.Cl.Cl. The lowest BCUT2D eigenvalue weighted by Crippen LogP contribution is -2.58. The lowest BCUT2D eigenvalue weighted by atomic mass is 9.85. The number of pyridine rings is 1. The molecule has 0 bridgehead atoms. The summed E-state index contributed by atoms with van der Waals surface area (Å²) in [5.74, 6) is -1.64. The van der Waals surface area contributed by atoms with Crippen molar-refractivity contribution in [2.75, 3.05) is 19.0 Å². The summed E-state index contributed by atoms with van der Waals surface area (Å²) in [6.07, 6.45) is 3.37. The number of hydrogen-bond donors (Lipinski definition) is 4. The molecular weight excluding hydrogens is 851 g/mol. The number of carbonyl (C=O) groups excluding carboxylic acids is 3. The zero-order chi connectivity index (χ0) is 40.2. The standard InChI is InChI=1S/C39H43ClN6O8S2.2ClH/c1-6-21-17-39(21,36(50)45-56(51,52)24-12-13-24)44-33(48)29-16-23(54-34-27-15-22(40)11-14-25(27)31(53-5)18-41-34)19-46(29)35(49)32(38(2,3)4)43-37-42-28(20-55-37)26-9-7-8-10-30(26)47;;/h6-11,14-15,18,20-21,23-24,29,32,47H,1,12-13,16-17,19H2,2-5H3,(H,42,43)(H,44,48)(H,45,50);2*1H/t21-,23-,29+,32-,39-;;/m1../s1. The molecule has 2 saturated carbocycles. The number of amides is 3. The molecule has 58 heavy (non-hydrogen) atoms. The molecule has 3 fully saturated rings. The number of halogens is 3. The summed E-state index contributed by atoms with van der Waals surface area (Å²) in [5, 5.41) is 19.8. The maximum Gasteiger partial charge on any atom is 0.259 e. The van der Waals surface area contributed by atoms with Gasteiger partial charge in [0.2, 0.25) is 27.7 Å². The molecule has 1 saturated heterocycles. The first kappa shape index (κ1) is 44.7. The number of fused-ring (bicyclic) bond motifs is 1. The zero-order valence-corrected chi connectivity index (χ0v) is 36.1. The second-order valence-electron chi connectivity index (χ2n) is 15.5. The van der Waals surface area contributed by atoms with Gasteiger partial charge in [-0.15, -0.1) is 42.7 Å². The zero-order valence-electron chi connectivity index (χ0n) is 32.1. The maximum absolute atomic E-state index is 14.8. The van der Waals surface area contributed by atoms with Gasteiger partial charge in [0.25, 0.3) is 5.91 Å². The van der Waals surface area contributed by atoms with Gasteiger partial charge in [-0.2, -0.15) is 0 Å². The van der Waals surface area contributed by atoms with Crippen LogP contribution in [0, 0.1) is 11.3 Å². The lowest BCUT2D eigenvalue weighted by molar-refractivity contribution is -0.141. The van der Waals surface area contributed by atoms with Crippen molar-refractivity contribution in [3.63, 3.8) is 0 Å². The number of carbonyl (C=O) groups is 3. The van der Waals surface area contributed by atoms with E-state index in [9.17, 15) is 27.9 Å². The number of ether oxygens (including phenoxy) is 2. The summed E-state index contributed by atoms with van der Waals surface area (Å²) >= 11 is 7.63. The van der Waals surface area contributed by atoms with Crippen molar-refractivity contribution in [3.05, 3.63) is 71.7 Å². The minimum Gasteiger partial charge on any atom is -0.507 e. The van der Waals surface area contributed by atoms with Crippen molar-refractivity contribution in [2.45, 2.75) is 75.4 Å². The maximum atomic E-state index is 14.8. The Hall–Kier alpha value is -4.35. The van der Waals surface area contributed by atoms with Gasteiger partial charge < -0.3 is 30.1 Å². The van der Waals surface area contributed by atoms with Crippen LogP contribution in [0.15, 0.2) is 66.7 Å². The number of methoxy groups -OCH3 is 1. The van der Waals surface area contributed by atoms with Gasteiger partial charge in [0, 0.05) is 39.1 Å². The molecule has 2 aromatic heterocycles. The number of nitrogens with zero attached hydrogens (tertiary/aromatic N) is 3. The van der Waals surface area contributed by atoms with Gasteiger partial charge in [0.15, 0.2) is 5.13 Å². The van der Waals surface area contributed by atoms with Crippen molar-refractivity contribution in [2.24, 2.45) is 11.3 Å². The van der Waals surface area contributed by atoms with Crippen LogP contribution >= 0.6 is 47.8 Å². The molecule has 5 atom stereocenters. The summed E-state index contributed by atoms with van der Waals surface area (Å²) in [6.45, 7) is 9.42. The molecule has 0 radical (unpaired) electrons. The molecule has 0 spiro atoms. The largest absolute Gasteiger partial charge is 0.507 e. The van der Waals surface area contributed by atoms with Crippen LogP contribution in [0.4, 0.5) is 5.13 Å². The van der Waals surface area contributed by atoms with E-state index in [1.807, 2.05) is 20.8 Å². The van der Waals surface area contributed by atoms with Crippen LogP contribution in [0.2, 0.25) is 5.02 Å². The van der Waals surface area contributed by atoms with Gasteiger partial charge in [-0.1, -0.05) is 50.6 Å². The van der Waals surface area contributed by atoms with Crippen LogP contribution in [-0.4, -0.2) is 88.7 Å². The molecule has 14 nitrogen and oxygen atoms in total. The molecule has 2 aliphatic carbocycles. The number of benzene rings is 2. The Bertz CT molecular complexity index is 2340. The van der Waals surface area contributed by atoms with Gasteiger partial charge in [0.05, 0.1) is 30.8 Å². The predicted octanol–water partition coefficient (Wildman–Crippen LogP) is 6.11. The van der Waals surface area contributed by atoms with Crippen LogP contribution in [-0.2, 0) is 24.4 Å². The van der Waals surface area contributed by atoms with E-state index in [-0.39, 0.29) is 55.8 Å². The first-order valence-corrected chi connectivity index (χ1v) is 21.0. The molecule has 19 heteroatoms. The number of rotatable bonds is 13. The minimum atomic E-state index is -3.91. The molecule has 312 valence electrons. The Kier molecular flexibility index (Phi) is 13.2. The van der Waals surface area contributed by atoms with E-state index < -0.39 is 68.1 Å². The number of phenolic OH excluding ortho intramolecular Hbond substituents is 1. The topological polar surface area (TPSA) is 189 Å². The highest BCUT2D eigenvalue weighted by Gasteiger charge is 2.62. The molecule has 4 N–H and O–H groups in total. The summed E-state index contributed by atoms with van der Waals surface area (Å²) in [7, 11) is -2.38. The van der Waals surface area contributed by atoms with E-state index in [0.29, 0.717) is 50.8 Å². The normalized spacial score (nSPS) is 21.8. The molecular formula is C39H45Cl3N6O8S2. The fourth-order valence-electron chi connectivity index (χ4n) is 7.07. The highest BCUT2D eigenvalue weighted by Crippen LogP contribution is 2.46. The Labute approximate surface area is 358 Å². The second kappa shape index (κ2) is 17.1. The Morgan fingerprint density at radius 3 is 2.50 bits per heavy atom. The van der Waals surface area contributed by atoms with Gasteiger partial charge in [-0.3, -0.25) is 19.1 Å². The second-order valence-corrected chi connectivity index (χ2v) is 18.7. The summed E-state index contributed by atoms with van der Waals surface area (Å²) in [5.41, 5.74) is -1.20. The molecule has 2 aromatic carbocycles. The number of phenols is 1. The Morgan fingerprint density at radius 1 is 1.14 bits per heavy atom. The van der Waals surface area contributed by atoms with Crippen LogP contribution in [0.5, 0.6) is 17.4 Å². The number of aromatic hydroxyl groups is 1. The summed E-state index contributed by atoms with van der Waals surface area (Å²) < 4.78 is 39.6. The number of hydrogen-bond acceptors (Lipinski definition) is 12. The third-order valence-corrected chi connectivity index (χ3v) is 13.3. The van der Waals surface area contributed by atoms with Crippen molar-refractivity contribution in [1.82, 2.24) is 24.9 Å². The van der Waals surface area contributed by atoms with E-state index in [1.54, 1.807) is 47.8 Å². The molecule has 1 aliphatic heterocycles. The number of sulfonamides is 1. The Balaban J connectivity index is 0.00000320. The number of para-hydroxylation sites is 1. The molecule has 7 rings (SSSR count). The first-order chi connectivity index (χ1) is 26.5. The van der Waals surface area contributed by atoms with Crippen molar-refractivity contribution in [1.29, 1.82) is 0 Å². The minimum absolute atomic E-state index is 0. The average Bonchev–Trinajstić information content (AvgIpc) is 4.04. The number of nitrogens with one attached hydrogen (secondary N) is 3. The number of thiazole rings is 1. The molecule has 3 aliphatic rings. The van der Waals surface area contributed by atoms with E-state index in [2.05, 4.69) is 31.9 Å². The molecule has 3 heterocycles. The van der Waals surface area contributed by atoms with E-state index in [0.717, 1.165) is 0 Å². The van der Waals surface area contributed by atoms with E-state index in [1.165, 1.54) is 35.6 Å². The van der Waals surface area contributed by atoms with E-state index >= 15 is 0 Å². The smallest absolute Gasteiger partial charge is 0.259 e. The number of anilines is 1. The summed E-state index contributed by atoms with van der Waals surface area (Å²) in [4.78, 5) is 53.4. The van der Waals surface area contributed by atoms with Crippen molar-refractivity contribution in [3.8, 4) is 28.6 Å².